The van der Waals surface area contributed by atoms with Gasteiger partial charge >= 0.3 is 5.97 Å². The molecule has 3 rings (SSSR count). The summed E-state index contributed by atoms with van der Waals surface area (Å²) in [7, 11) is 1.30. The van der Waals surface area contributed by atoms with Crippen LogP contribution in [0.2, 0.25) is 10.2 Å². The lowest BCUT2D eigenvalue weighted by molar-refractivity contribution is 0.0606. The van der Waals surface area contributed by atoms with Crippen molar-refractivity contribution in [1.82, 2.24) is 19.7 Å². The van der Waals surface area contributed by atoms with Crippen LogP contribution in [0.15, 0.2) is 33.8 Å². The van der Waals surface area contributed by atoms with Crippen molar-refractivity contribution in [1.29, 1.82) is 0 Å². The highest BCUT2D eigenvalue weighted by Crippen LogP contribution is 2.35. The molecule has 0 atom stereocenters. The first kappa shape index (κ1) is 18.2. The van der Waals surface area contributed by atoms with E-state index in [4.69, 9.17) is 27.9 Å². The first-order valence-electron chi connectivity index (χ1n) is 7.15. The van der Waals surface area contributed by atoms with Gasteiger partial charge < -0.3 is 9.30 Å². The van der Waals surface area contributed by atoms with E-state index in [2.05, 4.69) is 15.2 Å². The lowest BCUT2D eigenvalue weighted by Crippen LogP contribution is -1.99. The molecule has 6 nitrogen and oxygen atoms in total. The lowest BCUT2D eigenvalue weighted by Gasteiger charge is -2.06. The predicted octanol–water partition coefficient (Wildman–Crippen LogP) is 4.67. The molecule has 0 spiro atoms. The fourth-order valence-corrected chi connectivity index (χ4v) is 4.63. The molecule has 0 saturated carbocycles. The Morgan fingerprint density at radius 2 is 2.16 bits per heavy atom. The van der Waals surface area contributed by atoms with Crippen molar-refractivity contribution in [2.45, 2.75) is 23.0 Å². The van der Waals surface area contributed by atoms with E-state index in [9.17, 15) is 4.79 Å². The third-order valence-corrected chi connectivity index (χ3v) is 5.93. The SMILES string of the molecule is CCn1c(Sc2nc(Cl)c(C(=O)OC)s2)nnc1-c1cccc(Cl)c1. The number of carbonyl (C=O) groups excluding carboxylic acids is 1. The molecule has 2 heterocycles. The Labute approximate surface area is 162 Å². The van der Waals surface area contributed by atoms with Gasteiger partial charge in [-0.1, -0.05) is 46.7 Å². The second-order valence-corrected chi connectivity index (χ2v) is 7.76. The molecular formula is C15H12Cl2N4O2S2. The molecule has 0 N–H and O–H groups in total. The first-order valence-corrected chi connectivity index (χ1v) is 9.54. The standard InChI is InChI=1S/C15H12Cl2N4O2S2/c1-3-21-12(8-5-4-6-9(16)7-8)19-20-14(21)25-15-18-11(17)10(24-15)13(22)23-2/h4-7H,3H2,1-2H3. The van der Waals surface area contributed by atoms with Crippen LogP contribution in [-0.4, -0.2) is 32.8 Å². The molecule has 0 aliphatic rings. The molecule has 0 amide bonds. The number of rotatable bonds is 5. The quantitative estimate of drug-likeness (QED) is 0.565. The normalized spacial score (nSPS) is 10.9. The fraction of sp³-hybridized carbons (Fsp3) is 0.200. The molecule has 0 saturated heterocycles. The van der Waals surface area contributed by atoms with E-state index in [1.54, 1.807) is 6.07 Å². The van der Waals surface area contributed by atoms with Crippen LogP contribution in [0, 0.1) is 0 Å². The number of benzene rings is 1. The van der Waals surface area contributed by atoms with E-state index < -0.39 is 5.97 Å². The molecule has 25 heavy (non-hydrogen) atoms. The maximum Gasteiger partial charge on any atom is 0.351 e. The minimum Gasteiger partial charge on any atom is -0.465 e. The van der Waals surface area contributed by atoms with E-state index in [0.717, 1.165) is 16.9 Å². The Hall–Kier alpha value is -1.61. The van der Waals surface area contributed by atoms with Crippen molar-refractivity contribution in [3.05, 3.63) is 39.3 Å². The number of thiazole rings is 1. The van der Waals surface area contributed by atoms with Gasteiger partial charge in [-0.05, 0) is 30.8 Å². The molecule has 2 aromatic heterocycles. The van der Waals surface area contributed by atoms with Gasteiger partial charge in [-0.15, -0.1) is 10.2 Å². The van der Waals surface area contributed by atoms with Crippen LogP contribution in [0.5, 0.6) is 0 Å². The molecular weight excluding hydrogens is 403 g/mol. The van der Waals surface area contributed by atoms with Gasteiger partial charge in [0.2, 0.25) is 0 Å². The maximum atomic E-state index is 11.7. The van der Waals surface area contributed by atoms with Crippen molar-refractivity contribution >= 4 is 52.3 Å². The zero-order valence-corrected chi connectivity index (χ0v) is 16.3. The van der Waals surface area contributed by atoms with Gasteiger partial charge in [-0.3, -0.25) is 0 Å². The number of nitrogens with zero attached hydrogens (tertiary/aromatic N) is 4. The lowest BCUT2D eigenvalue weighted by atomic mass is 10.2. The second kappa shape index (κ2) is 7.74. The molecule has 0 aliphatic carbocycles. The van der Waals surface area contributed by atoms with E-state index in [0.29, 0.717) is 26.9 Å². The van der Waals surface area contributed by atoms with Crippen molar-refractivity contribution < 1.29 is 9.53 Å². The molecule has 0 aliphatic heterocycles. The van der Waals surface area contributed by atoms with Gasteiger partial charge in [0.25, 0.3) is 0 Å². The molecule has 0 radical (unpaired) electrons. The summed E-state index contributed by atoms with van der Waals surface area (Å²) in [6.45, 7) is 2.66. The highest BCUT2D eigenvalue weighted by atomic mass is 35.5. The van der Waals surface area contributed by atoms with Crippen molar-refractivity contribution in [2.24, 2.45) is 0 Å². The summed E-state index contributed by atoms with van der Waals surface area (Å²) in [4.78, 5) is 16.1. The number of halogens is 2. The molecule has 0 fully saturated rings. The van der Waals surface area contributed by atoms with Crippen LogP contribution in [-0.2, 0) is 11.3 Å². The van der Waals surface area contributed by atoms with Gasteiger partial charge in [0.15, 0.2) is 25.4 Å². The van der Waals surface area contributed by atoms with Crippen molar-refractivity contribution in [3.8, 4) is 11.4 Å². The Kier molecular flexibility index (Phi) is 5.63. The Balaban J connectivity index is 1.93. The first-order chi connectivity index (χ1) is 12.0. The third-order valence-electron chi connectivity index (χ3n) is 3.23. The van der Waals surface area contributed by atoms with E-state index in [1.807, 2.05) is 29.7 Å². The van der Waals surface area contributed by atoms with Gasteiger partial charge in [0.05, 0.1) is 7.11 Å². The van der Waals surface area contributed by atoms with Crippen LogP contribution >= 0.6 is 46.3 Å². The van der Waals surface area contributed by atoms with E-state index >= 15 is 0 Å². The number of hydrogen-bond donors (Lipinski definition) is 0. The Bertz CT molecular complexity index is 926. The van der Waals surface area contributed by atoms with Crippen LogP contribution < -0.4 is 0 Å². The smallest absolute Gasteiger partial charge is 0.351 e. The maximum absolute atomic E-state index is 11.7. The summed E-state index contributed by atoms with van der Waals surface area (Å²) in [5.74, 6) is 0.203. The second-order valence-electron chi connectivity index (χ2n) is 4.75. The van der Waals surface area contributed by atoms with Crippen LogP contribution in [0.4, 0.5) is 0 Å². The number of ether oxygens (including phenoxy) is 1. The van der Waals surface area contributed by atoms with Crippen molar-refractivity contribution in [3.63, 3.8) is 0 Å². The molecule has 3 aromatic rings. The number of hydrogen-bond acceptors (Lipinski definition) is 7. The minimum atomic E-state index is -0.508. The number of methoxy groups -OCH3 is 1. The minimum absolute atomic E-state index is 0.122. The molecule has 1 aromatic carbocycles. The summed E-state index contributed by atoms with van der Waals surface area (Å²) in [5.41, 5.74) is 0.876. The molecule has 10 heteroatoms. The predicted molar refractivity (Wildman–Crippen MR) is 98.7 cm³/mol. The van der Waals surface area contributed by atoms with Gasteiger partial charge in [-0.25, -0.2) is 9.78 Å². The van der Waals surface area contributed by atoms with Gasteiger partial charge in [0, 0.05) is 17.1 Å². The van der Waals surface area contributed by atoms with Crippen LogP contribution in [0.25, 0.3) is 11.4 Å². The zero-order chi connectivity index (χ0) is 18.0. The van der Waals surface area contributed by atoms with Gasteiger partial charge in [-0.2, -0.15) is 0 Å². The number of esters is 1. The summed E-state index contributed by atoms with van der Waals surface area (Å²) < 4.78 is 7.23. The fourth-order valence-electron chi connectivity index (χ4n) is 2.11. The van der Waals surface area contributed by atoms with E-state index in [-0.39, 0.29) is 10.0 Å². The summed E-state index contributed by atoms with van der Waals surface area (Å²) in [6.07, 6.45) is 0. The monoisotopic (exact) mass is 414 g/mol. The van der Waals surface area contributed by atoms with Crippen molar-refractivity contribution in [2.75, 3.05) is 7.11 Å². The summed E-state index contributed by atoms with van der Waals surface area (Å²) in [5, 5.41) is 9.90. The van der Waals surface area contributed by atoms with Gasteiger partial charge in [0.1, 0.15) is 0 Å². The highest BCUT2D eigenvalue weighted by molar-refractivity contribution is 8.00. The highest BCUT2D eigenvalue weighted by Gasteiger charge is 2.20. The average Bonchev–Trinajstić information content (AvgIpc) is 3.17. The largest absolute Gasteiger partial charge is 0.465 e. The summed E-state index contributed by atoms with van der Waals surface area (Å²) >= 11 is 14.5. The molecule has 0 unspecified atom stereocenters. The van der Waals surface area contributed by atoms with Crippen LogP contribution in [0.1, 0.15) is 16.6 Å². The van der Waals surface area contributed by atoms with E-state index in [1.165, 1.54) is 18.9 Å². The Morgan fingerprint density at radius 3 is 2.84 bits per heavy atom. The molecule has 0 bridgehead atoms. The average molecular weight is 415 g/mol. The third kappa shape index (κ3) is 3.82. The number of aromatic nitrogens is 4. The Morgan fingerprint density at radius 1 is 1.36 bits per heavy atom. The van der Waals surface area contributed by atoms with Crippen LogP contribution in [0.3, 0.4) is 0 Å². The topological polar surface area (TPSA) is 69.9 Å². The zero-order valence-electron chi connectivity index (χ0n) is 13.2. The molecule has 130 valence electrons. The number of carbonyl (C=O) groups is 1. The summed E-state index contributed by atoms with van der Waals surface area (Å²) in [6, 6.07) is 7.43.